The van der Waals surface area contributed by atoms with Gasteiger partial charge in [0.15, 0.2) is 12.7 Å². The second-order valence-corrected chi connectivity index (χ2v) is 17.2. The first kappa shape index (κ1) is 59.0. The first-order valence-corrected chi connectivity index (χ1v) is 21.4. The zero-order chi connectivity index (χ0) is 57.7. The quantitative estimate of drug-likeness (QED) is 0.0883. The number of rotatable bonds is 7. The number of benzene rings is 6. The van der Waals surface area contributed by atoms with Crippen molar-refractivity contribution in [3.8, 4) is 11.3 Å². The van der Waals surface area contributed by atoms with Gasteiger partial charge in [0, 0.05) is 11.1 Å². The van der Waals surface area contributed by atoms with Crippen LogP contribution in [0.1, 0.15) is 55.6 Å². The third kappa shape index (κ3) is 13.7. The third-order valence-electron chi connectivity index (χ3n) is 11.8. The number of aryl methyl sites for hydroxylation is 1. The van der Waals surface area contributed by atoms with E-state index in [-0.39, 0.29) is 0 Å². The molecule has 6 aromatic carbocycles. The molecular formula is C50H29BF24N2. The van der Waals surface area contributed by atoms with Crippen LogP contribution in [0.5, 0.6) is 0 Å². The zero-order valence-electron chi connectivity index (χ0n) is 38.1. The smallest absolute Gasteiger partial charge is 0.252 e. The number of aromatic nitrogens is 2. The van der Waals surface area contributed by atoms with Crippen molar-refractivity contribution in [2.75, 3.05) is 0 Å². The molecular weight excluding hydrogens is 1100 g/mol. The first-order chi connectivity index (χ1) is 35.1. The highest BCUT2D eigenvalue weighted by Gasteiger charge is 2.47. The van der Waals surface area contributed by atoms with Crippen LogP contribution < -0.4 is 26.4 Å². The second-order valence-electron chi connectivity index (χ2n) is 17.2. The van der Waals surface area contributed by atoms with Crippen LogP contribution in [0.15, 0.2) is 146 Å². The van der Waals surface area contributed by atoms with Crippen LogP contribution in [0, 0.1) is 6.92 Å². The molecule has 0 atom stereocenters. The Morgan fingerprint density at radius 2 is 0.636 bits per heavy atom. The number of hydrogen-bond acceptors (Lipinski definition) is 1. The Bertz CT molecular complexity index is 2780. The molecule has 7 aromatic rings. The van der Waals surface area contributed by atoms with Crippen LogP contribution in [-0.4, -0.2) is 11.1 Å². The summed E-state index contributed by atoms with van der Waals surface area (Å²) >= 11 is 0. The van der Waals surface area contributed by atoms with Crippen molar-refractivity contribution < 1.29 is 110 Å². The molecule has 0 aliphatic heterocycles. The largest absolute Gasteiger partial charge is 0.416 e. The maximum atomic E-state index is 14.2. The van der Waals surface area contributed by atoms with Crippen LogP contribution >= 0.6 is 0 Å². The van der Waals surface area contributed by atoms with Gasteiger partial charge in [0.25, 0.3) is 0 Å². The normalized spacial score (nSPS) is 13.3. The molecule has 0 aliphatic rings. The summed E-state index contributed by atoms with van der Waals surface area (Å²) in [4.78, 5) is 4.26. The van der Waals surface area contributed by atoms with Crippen molar-refractivity contribution in [1.29, 1.82) is 0 Å². The lowest BCUT2D eigenvalue weighted by Crippen LogP contribution is -2.75. The van der Waals surface area contributed by atoms with Crippen LogP contribution in [0.3, 0.4) is 0 Å². The van der Waals surface area contributed by atoms with E-state index < -0.39 is 195 Å². The molecule has 27 heteroatoms. The lowest BCUT2D eigenvalue weighted by molar-refractivity contribution is -0.678. The van der Waals surface area contributed by atoms with Crippen LogP contribution in [0.2, 0.25) is 0 Å². The van der Waals surface area contributed by atoms with Gasteiger partial charge in [-0.2, -0.15) is 132 Å². The Balaban J connectivity index is 0.000000397. The average Bonchev–Trinajstić information content (AvgIpc) is 3.30. The molecule has 0 saturated carbocycles. The molecule has 77 heavy (non-hydrogen) atoms. The fraction of sp³-hybridized carbons (Fsp3) is 0.200. The van der Waals surface area contributed by atoms with Gasteiger partial charge in [0.2, 0.25) is 5.69 Å². The summed E-state index contributed by atoms with van der Waals surface area (Å²) in [5, 5.41) is 0. The SMILES string of the molecule is Cc1ccc(-c2cncc[n+]2Cc2ccccc2)cc1.FC(F)(F)c1cc([B-](c2cc(C(F)(F)F)cc(C(F)(F)F)c2)(c2cc(C(F)(F)F)cc(C(F)(F)F)c2)c2cc(C(F)(F)F)cc(C(F)(F)F)c2)cc(C(F)(F)F)c1. The summed E-state index contributed by atoms with van der Waals surface area (Å²) in [6.45, 7) is 2.96. The predicted molar refractivity (Wildman–Crippen MR) is 230 cm³/mol. The van der Waals surface area contributed by atoms with Gasteiger partial charge in [-0.3, -0.25) is 4.98 Å². The highest BCUT2D eigenvalue weighted by molar-refractivity contribution is 7.20. The highest BCUT2D eigenvalue weighted by atomic mass is 19.4. The molecule has 1 aromatic heterocycles. The maximum absolute atomic E-state index is 14.2. The van der Waals surface area contributed by atoms with Gasteiger partial charge >= 0.3 is 49.4 Å². The van der Waals surface area contributed by atoms with Crippen LogP contribution in [-0.2, 0) is 56.0 Å². The lowest BCUT2D eigenvalue weighted by atomic mass is 9.12. The maximum Gasteiger partial charge on any atom is 0.416 e. The summed E-state index contributed by atoms with van der Waals surface area (Å²) in [6.07, 6.45) is -49.0. The molecule has 0 fully saturated rings. The first-order valence-electron chi connectivity index (χ1n) is 21.4. The van der Waals surface area contributed by atoms with Crippen molar-refractivity contribution >= 4 is 28.0 Å². The summed E-state index contributed by atoms with van der Waals surface area (Å²) in [6, 6.07) is 10.2. The molecule has 7 rings (SSSR count). The Labute approximate surface area is 418 Å². The summed E-state index contributed by atoms with van der Waals surface area (Å²) in [5.74, 6) is 0. The van der Waals surface area contributed by atoms with Crippen LogP contribution in [0.25, 0.3) is 11.3 Å². The van der Waals surface area contributed by atoms with Gasteiger partial charge < -0.3 is 0 Å². The van der Waals surface area contributed by atoms with Crippen molar-refractivity contribution in [2.45, 2.75) is 62.9 Å². The number of alkyl halides is 24. The molecule has 0 spiro atoms. The van der Waals surface area contributed by atoms with Crippen LogP contribution in [0.4, 0.5) is 105 Å². The zero-order valence-corrected chi connectivity index (χ0v) is 38.1. The summed E-state index contributed by atoms with van der Waals surface area (Å²) in [7, 11) is 0. The van der Waals surface area contributed by atoms with E-state index in [9.17, 15) is 105 Å². The second kappa shape index (κ2) is 20.6. The topological polar surface area (TPSA) is 16.8 Å². The van der Waals surface area contributed by atoms with E-state index in [1.54, 1.807) is 0 Å². The fourth-order valence-corrected chi connectivity index (χ4v) is 8.34. The van der Waals surface area contributed by atoms with E-state index >= 15 is 0 Å². The molecule has 410 valence electrons. The number of nitrogens with zero attached hydrogens (tertiary/aromatic N) is 2. The van der Waals surface area contributed by atoms with E-state index in [0.29, 0.717) is 0 Å². The molecule has 1 heterocycles. The minimum atomic E-state index is -6.13. The third-order valence-corrected chi connectivity index (χ3v) is 11.8. The Kier molecular flexibility index (Phi) is 15.8. The Morgan fingerprint density at radius 3 is 0.896 bits per heavy atom. The van der Waals surface area contributed by atoms with Gasteiger partial charge in [0.05, 0.1) is 56.9 Å². The van der Waals surface area contributed by atoms with Gasteiger partial charge in [-0.25, -0.2) is 0 Å². The fourth-order valence-electron chi connectivity index (χ4n) is 8.34. The van der Waals surface area contributed by atoms with E-state index in [0.717, 1.165) is 12.2 Å². The molecule has 0 amide bonds. The Morgan fingerprint density at radius 1 is 0.364 bits per heavy atom. The minimum Gasteiger partial charge on any atom is -0.252 e. The van der Waals surface area contributed by atoms with Crippen molar-refractivity contribution in [2.24, 2.45) is 0 Å². The summed E-state index contributed by atoms with van der Waals surface area (Å²) in [5.41, 5.74) is -25.3. The molecule has 0 saturated heterocycles. The molecule has 0 unspecified atom stereocenters. The lowest BCUT2D eigenvalue weighted by Gasteiger charge is -2.46. The Hall–Kier alpha value is -7.22. The monoisotopic (exact) mass is 1120 g/mol. The molecule has 0 bridgehead atoms. The number of hydrogen-bond donors (Lipinski definition) is 0. The van der Waals surface area contributed by atoms with E-state index in [2.05, 4.69) is 65.0 Å². The molecule has 0 N–H and O–H groups in total. The van der Waals surface area contributed by atoms with Gasteiger partial charge in [-0.1, -0.05) is 96.6 Å². The molecule has 0 aliphatic carbocycles. The number of halogens is 24. The highest BCUT2D eigenvalue weighted by Crippen LogP contribution is 2.41. The molecule has 2 nitrogen and oxygen atoms in total. The van der Waals surface area contributed by atoms with Gasteiger partial charge in [-0.05, 0) is 43.3 Å². The predicted octanol–water partition coefficient (Wildman–Crippen LogP) is 14.6. The molecule has 0 radical (unpaired) electrons. The van der Waals surface area contributed by atoms with Crippen molar-refractivity contribution in [3.05, 3.63) is 202 Å². The van der Waals surface area contributed by atoms with E-state index in [4.69, 9.17) is 0 Å². The standard InChI is InChI=1S/C32H12BF24.C18H17N2/c34-25(35,36)13-1-14(26(37,38)39)6-21(5-13)33(22-7-15(27(40,41)42)2-16(8-22)28(43,44)45,23-9-17(29(46,47)48)3-18(10-23)30(49,50)51)24-11-19(31(52,53)54)4-20(12-24)32(55,56)57;1-15-7-9-17(10-8-15)18-13-19-11-12-20(18)14-16-5-3-2-4-6-16/h1-12H;2-13H,14H2,1H3/q-1;+1. The van der Waals surface area contributed by atoms with E-state index in [1.807, 2.05) is 24.7 Å². The summed E-state index contributed by atoms with van der Waals surface area (Å²) < 4.78 is 343. The van der Waals surface area contributed by atoms with Gasteiger partial charge in [-0.15, -0.1) is 0 Å². The minimum absolute atomic E-state index is 0.691. The van der Waals surface area contributed by atoms with Crippen molar-refractivity contribution in [3.63, 3.8) is 0 Å². The average molecular weight is 1120 g/mol. The van der Waals surface area contributed by atoms with Gasteiger partial charge in [0.1, 0.15) is 6.15 Å². The van der Waals surface area contributed by atoms with E-state index in [1.165, 1.54) is 16.7 Å². The van der Waals surface area contributed by atoms with Crippen molar-refractivity contribution in [1.82, 2.24) is 4.98 Å².